The molecule has 2 aromatic carbocycles. The van der Waals surface area contributed by atoms with Gasteiger partial charge in [-0.1, -0.05) is 30.3 Å². The van der Waals surface area contributed by atoms with Crippen LogP contribution in [0.4, 0.5) is 10.3 Å². The summed E-state index contributed by atoms with van der Waals surface area (Å²) in [6.45, 7) is 0.0996. The van der Waals surface area contributed by atoms with Crippen LogP contribution in [0.15, 0.2) is 53.4 Å². The second-order valence-corrected chi connectivity index (χ2v) is 8.65. The zero-order chi connectivity index (χ0) is 20.2. The number of fused-ring (bicyclic) bond motifs is 3. The number of sulfonamides is 1. The van der Waals surface area contributed by atoms with Gasteiger partial charge in [0.1, 0.15) is 10.7 Å². The molecule has 10 heteroatoms. The number of rotatable bonds is 4. The summed E-state index contributed by atoms with van der Waals surface area (Å²) in [6.07, 6.45) is 1.65. The Bertz CT molecular complexity index is 1240. The monoisotopic (exact) mass is 413 g/mol. The van der Waals surface area contributed by atoms with Gasteiger partial charge in [-0.2, -0.15) is 9.67 Å². The van der Waals surface area contributed by atoms with Crippen LogP contribution < -0.4 is 4.72 Å². The number of hydrogen-bond donors (Lipinski definition) is 1. The number of hydrogen-bond acceptors (Lipinski definition) is 5. The number of nitrogens with zero attached hydrogens (tertiary/aromatic N) is 4. The normalized spacial score (nSPS) is 16.4. The molecule has 0 saturated heterocycles. The van der Waals surface area contributed by atoms with Gasteiger partial charge in [-0.05, 0) is 31.0 Å². The van der Waals surface area contributed by atoms with Gasteiger partial charge in [-0.25, -0.2) is 17.5 Å². The quantitative estimate of drug-likeness (QED) is 0.708. The van der Waals surface area contributed by atoms with Crippen LogP contribution in [-0.4, -0.2) is 40.0 Å². The molecule has 1 amide bonds. The Kier molecular flexibility index (Phi) is 3.91. The number of halogens is 1. The predicted octanol–water partition coefficient (Wildman–Crippen LogP) is 2.33. The highest BCUT2D eigenvalue weighted by Crippen LogP contribution is 2.32. The largest absolute Gasteiger partial charge is 0.328 e. The van der Waals surface area contributed by atoms with E-state index in [1.165, 1.54) is 16.8 Å². The van der Waals surface area contributed by atoms with Crippen molar-refractivity contribution in [1.29, 1.82) is 0 Å². The van der Waals surface area contributed by atoms with Gasteiger partial charge in [0.05, 0.1) is 5.69 Å². The molecule has 0 unspecified atom stereocenters. The second-order valence-electron chi connectivity index (χ2n) is 7.00. The molecule has 0 radical (unpaired) electrons. The summed E-state index contributed by atoms with van der Waals surface area (Å²) in [4.78, 5) is 18.8. The Labute approximate surface area is 166 Å². The Morgan fingerprint density at radius 1 is 1.17 bits per heavy atom. The molecule has 1 fully saturated rings. The first-order valence-corrected chi connectivity index (χ1v) is 10.6. The highest BCUT2D eigenvalue weighted by Gasteiger charge is 2.37. The number of aromatic nitrogens is 3. The predicted molar refractivity (Wildman–Crippen MR) is 101 cm³/mol. The topological polar surface area (TPSA) is 97.2 Å². The van der Waals surface area contributed by atoms with Crippen LogP contribution in [0, 0.1) is 5.82 Å². The van der Waals surface area contributed by atoms with Gasteiger partial charge in [-0.3, -0.25) is 4.79 Å². The number of anilines is 1. The molecule has 1 aromatic heterocycles. The first kappa shape index (κ1) is 17.8. The van der Waals surface area contributed by atoms with Crippen molar-refractivity contribution in [1.82, 2.24) is 19.7 Å². The average molecular weight is 413 g/mol. The van der Waals surface area contributed by atoms with Crippen molar-refractivity contribution < 1.29 is 17.6 Å². The third-order valence-corrected chi connectivity index (χ3v) is 6.33. The third-order valence-electron chi connectivity index (χ3n) is 4.95. The number of para-hydroxylation sites is 1. The molecule has 8 nitrogen and oxygen atoms in total. The number of nitrogens with one attached hydrogen (secondary N) is 1. The molecule has 1 N–H and O–H groups in total. The maximum Gasteiger partial charge on any atom is 0.294 e. The van der Waals surface area contributed by atoms with Crippen LogP contribution in [0.5, 0.6) is 0 Å². The summed E-state index contributed by atoms with van der Waals surface area (Å²) in [6, 6.07) is 12.6. The maximum atomic E-state index is 14.1. The zero-order valence-corrected chi connectivity index (χ0v) is 15.9. The SMILES string of the molecule is O=C(c1nc2n(n1)-c1ccccc1S(=O)(=O)N2)N(Cc1ccccc1F)C1CC1. The number of carbonyl (C=O) groups excluding carboxylic acids is 1. The second kappa shape index (κ2) is 6.38. The standard InChI is InChI=1S/C19H16FN5O3S/c20-14-6-2-1-5-12(14)11-24(13-9-10-13)18(26)17-21-19-23-29(27,28)16-8-4-3-7-15(16)25(19)22-17/h1-8,13H,9-11H2,(H,21,22,23). The molecule has 2 heterocycles. The molecular weight excluding hydrogens is 397 g/mol. The van der Waals surface area contributed by atoms with Crippen LogP contribution >= 0.6 is 0 Å². The van der Waals surface area contributed by atoms with Crippen LogP contribution in [0.25, 0.3) is 5.69 Å². The first-order valence-electron chi connectivity index (χ1n) is 9.08. The summed E-state index contributed by atoms with van der Waals surface area (Å²) in [7, 11) is -3.79. The molecule has 5 rings (SSSR count). The van der Waals surface area contributed by atoms with E-state index < -0.39 is 15.9 Å². The van der Waals surface area contributed by atoms with Gasteiger partial charge in [-0.15, -0.1) is 5.10 Å². The lowest BCUT2D eigenvalue weighted by molar-refractivity contribution is 0.0716. The Morgan fingerprint density at radius 3 is 2.66 bits per heavy atom. The lowest BCUT2D eigenvalue weighted by atomic mass is 10.2. The minimum atomic E-state index is -3.79. The highest BCUT2D eigenvalue weighted by atomic mass is 32.2. The fraction of sp³-hybridized carbons (Fsp3) is 0.211. The van der Waals surface area contributed by atoms with Crippen LogP contribution in [0.3, 0.4) is 0 Å². The Balaban J connectivity index is 1.52. The van der Waals surface area contributed by atoms with E-state index in [-0.39, 0.29) is 35.1 Å². The average Bonchev–Trinajstić information content (AvgIpc) is 3.46. The highest BCUT2D eigenvalue weighted by molar-refractivity contribution is 7.92. The van der Waals surface area contributed by atoms with E-state index in [9.17, 15) is 17.6 Å². The van der Waals surface area contributed by atoms with Crippen molar-refractivity contribution in [3.8, 4) is 5.69 Å². The molecule has 29 heavy (non-hydrogen) atoms. The zero-order valence-electron chi connectivity index (χ0n) is 15.1. The van der Waals surface area contributed by atoms with Crippen LogP contribution in [0.2, 0.25) is 0 Å². The lowest BCUT2D eigenvalue weighted by Crippen LogP contribution is -2.33. The molecule has 1 aliphatic carbocycles. The van der Waals surface area contributed by atoms with Crippen molar-refractivity contribution in [2.24, 2.45) is 0 Å². The molecule has 3 aromatic rings. The fourth-order valence-corrected chi connectivity index (χ4v) is 4.53. The number of amides is 1. The molecule has 0 bridgehead atoms. The minimum Gasteiger partial charge on any atom is -0.328 e. The van der Waals surface area contributed by atoms with Crippen molar-refractivity contribution >= 4 is 21.9 Å². The van der Waals surface area contributed by atoms with Crippen LogP contribution in [0.1, 0.15) is 29.0 Å². The van der Waals surface area contributed by atoms with Gasteiger partial charge in [0.2, 0.25) is 11.8 Å². The van der Waals surface area contributed by atoms with Gasteiger partial charge >= 0.3 is 0 Å². The Morgan fingerprint density at radius 2 is 1.90 bits per heavy atom. The maximum absolute atomic E-state index is 14.1. The van der Waals surface area contributed by atoms with Gasteiger partial charge < -0.3 is 4.90 Å². The summed E-state index contributed by atoms with van der Waals surface area (Å²) < 4.78 is 42.6. The molecule has 1 aliphatic heterocycles. The minimum absolute atomic E-state index is 0.00777. The molecular formula is C19H16FN5O3S. The van der Waals surface area contributed by atoms with E-state index in [0.717, 1.165) is 12.8 Å². The van der Waals surface area contributed by atoms with Gasteiger partial charge in [0.15, 0.2) is 0 Å². The van der Waals surface area contributed by atoms with E-state index >= 15 is 0 Å². The van der Waals surface area contributed by atoms with E-state index in [1.807, 2.05) is 0 Å². The van der Waals surface area contributed by atoms with E-state index in [1.54, 1.807) is 41.3 Å². The van der Waals surface area contributed by atoms with Crippen molar-refractivity contribution in [2.75, 3.05) is 4.72 Å². The summed E-state index contributed by atoms with van der Waals surface area (Å²) in [5.74, 6) is -1.03. The van der Waals surface area contributed by atoms with Gasteiger partial charge in [0, 0.05) is 18.2 Å². The Hall–Kier alpha value is -3.27. The van der Waals surface area contributed by atoms with Crippen LogP contribution in [-0.2, 0) is 16.6 Å². The molecule has 0 atom stereocenters. The van der Waals surface area contributed by atoms with E-state index in [4.69, 9.17) is 0 Å². The molecule has 1 saturated carbocycles. The first-order chi connectivity index (χ1) is 13.9. The van der Waals surface area contributed by atoms with E-state index in [0.29, 0.717) is 11.3 Å². The molecule has 0 spiro atoms. The van der Waals surface area contributed by atoms with Gasteiger partial charge in [0.25, 0.3) is 15.9 Å². The number of benzene rings is 2. The lowest BCUT2D eigenvalue weighted by Gasteiger charge is -2.21. The fourth-order valence-electron chi connectivity index (χ4n) is 3.36. The van der Waals surface area contributed by atoms with Crippen molar-refractivity contribution in [3.63, 3.8) is 0 Å². The summed E-state index contributed by atoms with van der Waals surface area (Å²) in [5, 5.41) is 4.25. The summed E-state index contributed by atoms with van der Waals surface area (Å²) >= 11 is 0. The molecule has 148 valence electrons. The third kappa shape index (κ3) is 3.05. The summed E-state index contributed by atoms with van der Waals surface area (Å²) in [5.41, 5.74) is 0.725. The van der Waals surface area contributed by atoms with E-state index in [2.05, 4.69) is 14.8 Å². The molecule has 2 aliphatic rings. The number of carbonyl (C=O) groups is 1. The smallest absolute Gasteiger partial charge is 0.294 e. The van der Waals surface area contributed by atoms with Crippen molar-refractivity contribution in [2.45, 2.75) is 30.3 Å². The van der Waals surface area contributed by atoms with Crippen molar-refractivity contribution in [3.05, 3.63) is 65.7 Å².